The Balaban J connectivity index is 3.35. The summed E-state index contributed by atoms with van der Waals surface area (Å²) in [6.07, 6.45) is 1.31. The van der Waals surface area contributed by atoms with Crippen molar-refractivity contribution in [3.05, 3.63) is 45.3 Å². The summed E-state index contributed by atoms with van der Waals surface area (Å²) in [5.41, 5.74) is 0.248. The largest absolute Gasteiger partial charge is 0.364 e. The average Bonchev–Trinajstić information content (AvgIpc) is 2.45. The molecule has 0 unspecified atom stereocenters. The van der Waals surface area contributed by atoms with Gasteiger partial charge in [0.25, 0.3) is 5.69 Å². The molecule has 0 saturated heterocycles. The highest BCUT2D eigenvalue weighted by molar-refractivity contribution is 7.60. The normalized spacial score (nSPS) is 12.2. The molecule has 0 atom stereocenters. The Morgan fingerprint density at radius 1 is 1.32 bits per heavy atom. The third-order valence-corrected chi connectivity index (χ3v) is 4.87. The molecule has 0 N–H and O–H groups in total. The molecule has 1 aromatic rings. The number of nitro benzene ring substituents is 1. The van der Waals surface area contributed by atoms with Gasteiger partial charge in [0.15, 0.2) is 5.78 Å². The van der Waals surface area contributed by atoms with Crippen molar-refractivity contribution in [1.82, 2.24) is 0 Å². The lowest BCUT2D eigenvalue weighted by Gasteiger charge is -2.18. The van der Waals surface area contributed by atoms with E-state index in [4.69, 9.17) is 9.05 Å². The maximum Gasteiger partial charge on any atom is 0.364 e. The second kappa shape index (κ2) is 7.98. The summed E-state index contributed by atoms with van der Waals surface area (Å²) in [6.45, 7) is 4.73. The molecule has 0 heterocycles. The number of nitrogens with zero attached hydrogens (tertiary/aromatic N) is 1. The number of non-ortho nitro benzene ring substituents is 1. The Morgan fingerprint density at radius 2 is 1.91 bits per heavy atom. The summed E-state index contributed by atoms with van der Waals surface area (Å²) >= 11 is 0. The van der Waals surface area contributed by atoms with Gasteiger partial charge in [-0.2, -0.15) is 0 Å². The number of hydrogen-bond donors (Lipinski definition) is 0. The van der Waals surface area contributed by atoms with Crippen molar-refractivity contribution in [3.63, 3.8) is 0 Å². The SMILES string of the molecule is CCOP(=O)(OCC)/C(=C/c1cccc([N+](=O)[O-])c1)C(C)=O. The number of nitro groups is 1. The van der Waals surface area contributed by atoms with Gasteiger partial charge in [0.2, 0.25) is 0 Å². The van der Waals surface area contributed by atoms with Crippen LogP contribution in [0.3, 0.4) is 0 Å². The van der Waals surface area contributed by atoms with E-state index in [9.17, 15) is 19.5 Å². The highest BCUT2D eigenvalue weighted by Crippen LogP contribution is 2.56. The highest BCUT2D eigenvalue weighted by Gasteiger charge is 2.32. The highest BCUT2D eigenvalue weighted by atomic mass is 31.2. The summed E-state index contributed by atoms with van der Waals surface area (Å²) in [5.74, 6) is -0.475. The number of ketones is 1. The van der Waals surface area contributed by atoms with Crippen molar-refractivity contribution in [3.8, 4) is 0 Å². The summed E-state index contributed by atoms with van der Waals surface area (Å²) in [7, 11) is -3.75. The quantitative estimate of drug-likeness (QED) is 0.312. The van der Waals surface area contributed by atoms with Gasteiger partial charge in [-0.3, -0.25) is 19.5 Å². The van der Waals surface area contributed by atoms with E-state index in [0.29, 0.717) is 5.56 Å². The van der Waals surface area contributed by atoms with Gasteiger partial charge >= 0.3 is 7.60 Å². The van der Waals surface area contributed by atoms with E-state index in [1.54, 1.807) is 19.9 Å². The topological polar surface area (TPSA) is 95.7 Å². The van der Waals surface area contributed by atoms with Gasteiger partial charge in [0, 0.05) is 12.1 Å². The molecule has 1 aromatic carbocycles. The van der Waals surface area contributed by atoms with Gasteiger partial charge in [0.05, 0.1) is 18.1 Å². The molecular weight excluding hydrogens is 309 g/mol. The van der Waals surface area contributed by atoms with Crippen LogP contribution in [-0.4, -0.2) is 23.9 Å². The number of rotatable bonds is 8. The molecule has 0 aliphatic heterocycles. The third kappa shape index (κ3) is 4.59. The van der Waals surface area contributed by atoms with E-state index in [-0.39, 0.29) is 24.2 Å². The Hall–Kier alpha value is -1.82. The zero-order valence-corrected chi connectivity index (χ0v) is 13.5. The van der Waals surface area contributed by atoms with Crippen molar-refractivity contribution in [1.29, 1.82) is 0 Å². The first kappa shape index (κ1) is 18.2. The lowest BCUT2D eigenvalue weighted by molar-refractivity contribution is -0.384. The first-order chi connectivity index (χ1) is 10.3. The Morgan fingerprint density at radius 3 is 2.36 bits per heavy atom. The zero-order valence-electron chi connectivity index (χ0n) is 12.6. The molecule has 7 nitrogen and oxygen atoms in total. The van der Waals surface area contributed by atoms with E-state index in [1.807, 2.05) is 0 Å². The number of benzene rings is 1. The summed E-state index contributed by atoms with van der Waals surface area (Å²) in [5, 5.41) is 10.7. The predicted molar refractivity (Wildman–Crippen MR) is 82.6 cm³/mol. The first-order valence-electron chi connectivity index (χ1n) is 6.70. The van der Waals surface area contributed by atoms with Crippen molar-refractivity contribution >= 4 is 25.1 Å². The lowest BCUT2D eigenvalue weighted by Crippen LogP contribution is -2.05. The van der Waals surface area contributed by atoms with Crippen molar-refractivity contribution < 1.29 is 23.3 Å². The number of carbonyl (C=O) groups excluding carboxylic acids is 1. The Bertz CT molecular complexity index is 630. The van der Waals surface area contributed by atoms with E-state index in [1.165, 1.54) is 31.2 Å². The van der Waals surface area contributed by atoms with E-state index < -0.39 is 18.3 Å². The fourth-order valence-electron chi connectivity index (χ4n) is 1.78. The van der Waals surface area contributed by atoms with E-state index in [0.717, 1.165) is 0 Å². The molecule has 120 valence electrons. The molecule has 1 rings (SSSR count). The van der Waals surface area contributed by atoms with Crippen LogP contribution in [0.15, 0.2) is 29.6 Å². The monoisotopic (exact) mass is 327 g/mol. The molecule has 22 heavy (non-hydrogen) atoms. The summed E-state index contributed by atoms with van der Waals surface area (Å²) in [6, 6.07) is 5.66. The molecular formula is C14H18NO6P. The lowest BCUT2D eigenvalue weighted by atomic mass is 10.2. The van der Waals surface area contributed by atoms with Gasteiger partial charge in [-0.1, -0.05) is 12.1 Å². The molecule has 0 spiro atoms. The number of carbonyl (C=O) groups is 1. The Kier molecular flexibility index (Phi) is 6.61. The van der Waals surface area contributed by atoms with Crippen LogP contribution in [-0.2, 0) is 18.4 Å². The van der Waals surface area contributed by atoms with Crippen LogP contribution in [0, 0.1) is 10.1 Å². The third-order valence-electron chi connectivity index (χ3n) is 2.64. The van der Waals surface area contributed by atoms with Crippen LogP contribution in [0.1, 0.15) is 26.3 Å². The zero-order chi connectivity index (χ0) is 16.8. The van der Waals surface area contributed by atoms with Crippen LogP contribution < -0.4 is 0 Å². The standard InChI is InChI=1S/C14H18NO6P/c1-4-20-22(19,21-5-2)14(11(3)16)10-12-7-6-8-13(9-12)15(17)18/h6-10H,4-5H2,1-3H3/b14-10+. The molecule has 0 radical (unpaired) electrons. The minimum absolute atomic E-state index is 0.108. The summed E-state index contributed by atoms with van der Waals surface area (Å²) < 4.78 is 23.0. The first-order valence-corrected chi connectivity index (χ1v) is 8.25. The number of hydrogen-bond acceptors (Lipinski definition) is 6. The van der Waals surface area contributed by atoms with Crippen LogP contribution in [0.4, 0.5) is 5.69 Å². The predicted octanol–water partition coefficient (Wildman–Crippen LogP) is 3.79. The minimum atomic E-state index is -3.75. The second-order valence-corrected chi connectivity index (χ2v) is 6.26. The molecule has 0 bridgehead atoms. The average molecular weight is 327 g/mol. The van der Waals surface area contributed by atoms with Gasteiger partial charge in [0.1, 0.15) is 5.31 Å². The van der Waals surface area contributed by atoms with Crippen molar-refractivity contribution in [2.45, 2.75) is 20.8 Å². The molecule has 0 fully saturated rings. The summed E-state index contributed by atoms with van der Waals surface area (Å²) in [4.78, 5) is 22.1. The number of Topliss-reactive ketones (excluding diaryl/α,β-unsaturated/α-hetero) is 1. The molecule has 0 saturated carbocycles. The molecule has 8 heteroatoms. The fourth-order valence-corrected chi connectivity index (χ4v) is 3.50. The maximum absolute atomic E-state index is 12.7. The molecule has 0 aromatic heterocycles. The molecule has 0 aliphatic rings. The van der Waals surface area contributed by atoms with E-state index >= 15 is 0 Å². The van der Waals surface area contributed by atoms with E-state index in [2.05, 4.69) is 0 Å². The molecule has 0 amide bonds. The maximum atomic E-state index is 12.7. The van der Waals surface area contributed by atoms with Crippen LogP contribution in [0.5, 0.6) is 0 Å². The van der Waals surface area contributed by atoms with Crippen LogP contribution in [0.25, 0.3) is 6.08 Å². The number of allylic oxidation sites excluding steroid dienone is 1. The minimum Gasteiger partial charge on any atom is -0.305 e. The van der Waals surface area contributed by atoms with Crippen molar-refractivity contribution in [2.75, 3.05) is 13.2 Å². The van der Waals surface area contributed by atoms with Gasteiger partial charge in [-0.25, -0.2) is 0 Å². The van der Waals surface area contributed by atoms with Crippen LogP contribution >= 0.6 is 7.60 Å². The Labute approximate surface area is 128 Å². The van der Waals surface area contributed by atoms with Gasteiger partial charge in [-0.15, -0.1) is 0 Å². The second-order valence-electron chi connectivity index (χ2n) is 4.27. The van der Waals surface area contributed by atoms with Crippen molar-refractivity contribution in [2.24, 2.45) is 0 Å². The van der Waals surface area contributed by atoms with Gasteiger partial charge < -0.3 is 9.05 Å². The smallest absolute Gasteiger partial charge is 0.305 e. The molecule has 0 aliphatic carbocycles. The van der Waals surface area contributed by atoms with Crippen LogP contribution in [0.2, 0.25) is 0 Å². The van der Waals surface area contributed by atoms with Gasteiger partial charge in [-0.05, 0) is 32.4 Å². The fraction of sp³-hybridized carbons (Fsp3) is 0.357.